The molecule has 10 heteroatoms. The zero-order valence-corrected chi connectivity index (χ0v) is 17.3. The first-order valence-electron chi connectivity index (χ1n) is 9.68. The number of hydrogen-bond acceptors (Lipinski definition) is 6. The molecular weight excluding hydrogens is 421 g/mol. The van der Waals surface area contributed by atoms with Gasteiger partial charge in [-0.15, -0.1) is 0 Å². The molecule has 0 spiro atoms. The van der Waals surface area contributed by atoms with Crippen molar-refractivity contribution in [3.05, 3.63) is 65.1 Å². The number of nitrogens with one attached hydrogen (secondary N) is 1. The number of nitriles is 1. The van der Waals surface area contributed by atoms with E-state index in [0.29, 0.717) is 37.3 Å². The Labute approximate surface area is 179 Å². The predicted molar refractivity (Wildman–Crippen MR) is 112 cm³/mol. The molecular formula is C21H20FN5O3S. The Morgan fingerprint density at radius 2 is 2.03 bits per heavy atom. The number of nitrogens with zero attached hydrogens (tertiary/aromatic N) is 3. The van der Waals surface area contributed by atoms with Gasteiger partial charge in [-0.2, -0.15) is 10.4 Å². The van der Waals surface area contributed by atoms with Crippen molar-refractivity contribution in [3.8, 4) is 17.5 Å². The van der Waals surface area contributed by atoms with Crippen LogP contribution in [0.15, 0.2) is 47.4 Å². The number of rotatable bonds is 7. The minimum atomic E-state index is -3.66. The fourth-order valence-corrected chi connectivity index (χ4v) is 4.55. The van der Waals surface area contributed by atoms with E-state index in [1.54, 1.807) is 12.1 Å². The number of aromatic nitrogens is 2. The number of hydrogen-bond donors (Lipinski definition) is 2. The second-order valence-electron chi connectivity index (χ2n) is 7.08. The minimum Gasteiger partial charge on any atom is -0.493 e. The highest BCUT2D eigenvalue weighted by Gasteiger charge is 2.20. The molecule has 0 fully saturated rings. The molecule has 1 aliphatic rings. The van der Waals surface area contributed by atoms with Gasteiger partial charge in [0.15, 0.2) is 0 Å². The second kappa shape index (κ2) is 8.37. The fourth-order valence-electron chi connectivity index (χ4n) is 3.43. The van der Waals surface area contributed by atoms with Gasteiger partial charge in [-0.25, -0.2) is 22.2 Å². The summed E-state index contributed by atoms with van der Waals surface area (Å²) in [6.45, 7) is 0.727. The van der Waals surface area contributed by atoms with Crippen LogP contribution in [0.1, 0.15) is 23.2 Å². The monoisotopic (exact) mass is 441 g/mol. The highest BCUT2D eigenvalue weighted by molar-refractivity contribution is 7.89. The minimum absolute atomic E-state index is 0.157. The van der Waals surface area contributed by atoms with E-state index in [2.05, 4.69) is 9.82 Å². The van der Waals surface area contributed by atoms with Crippen molar-refractivity contribution >= 4 is 15.8 Å². The van der Waals surface area contributed by atoms with Gasteiger partial charge in [-0.05, 0) is 60.9 Å². The van der Waals surface area contributed by atoms with Crippen molar-refractivity contribution < 1.29 is 17.5 Å². The standard InChI is InChI=1S/C21H20FN5O3S/c22-15-3-5-16(6-4-15)27-21(24)18(13-23)19(26-27)2-1-10-25-31(28,29)17-7-8-20-14(12-17)9-11-30-20/h3-8,12,25H,1-2,9-11,24H2. The number of anilines is 1. The van der Waals surface area contributed by atoms with Crippen molar-refractivity contribution in [1.29, 1.82) is 5.26 Å². The lowest BCUT2D eigenvalue weighted by molar-refractivity contribution is 0.356. The summed E-state index contributed by atoms with van der Waals surface area (Å²) in [6.07, 6.45) is 1.46. The number of benzene rings is 2. The lowest BCUT2D eigenvalue weighted by atomic mass is 10.1. The van der Waals surface area contributed by atoms with Crippen LogP contribution in [0.4, 0.5) is 10.2 Å². The average molecular weight is 441 g/mol. The quantitative estimate of drug-likeness (QED) is 0.543. The summed E-state index contributed by atoms with van der Waals surface area (Å²) in [5, 5.41) is 13.8. The zero-order chi connectivity index (χ0) is 22.0. The van der Waals surface area contributed by atoms with Crippen LogP contribution in [-0.4, -0.2) is 31.3 Å². The number of fused-ring (bicyclic) bond motifs is 1. The Hall–Kier alpha value is -3.42. The topological polar surface area (TPSA) is 123 Å². The summed E-state index contributed by atoms with van der Waals surface area (Å²) in [7, 11) is -3.66. The van der Waals surface area contributed by atoms with E-state index < -0.39 is 15.8 Å². The summed E-state index contributed by atoms with van der Waals surface area (Å²) >= 11 is 0. The number of ether oxygens (including phenoxy) is 1. The van der Waals surface area contributed by atoms with Gasteiger partial charge in [0.25, 0.3) is 0 Å². The van der Waals surface area contributed by atoms with Crippen LogP contribution in [0.25, 0.3) is 5.69 Å². The van der Waals surface area contributed by atoms with Gasteiger partial charge >= 0.3 is 0 Å². The van der Waals surface area contributed by atoms with Gasteiger partial charge in [0.05, 0.1) is 22.9 Å². The first kappa shape index (κ1) is 20.8. The number of halogens is 1. The summed E-state index contributed by atoms with van der Waals surface area (Å²) < 4.78 is 47.7. The van der Waals surface area contributed by atoms with Crippen molar-refractivity contribution in [2.45, 2.75) is 24.2 Å². The van der Waals surface area contributed by atoms with E-state index in [4.69, 9.17) is 10.5 Å². The van der Waals surface area contributed by atoms with Gasteiger partial charge in [0, 0.05) is 13.0 Å². The number of aryl methyl sites for hydroxylation is 1. The third-order valence-corrected chi connectivity index (χ3v) is 6.49. The molecule has 1 aromatic heterocycles. The Morgan fingerprint density at radius 3 is 2.77 bits per heavy atom. The van der Waals surface area contributed by atoms with E-state index in [9.17, 15) is 18.1 Å². The van der Waals surface area contributed by atoms with Crippen LogP contribution in [0.3, 0.4) is 0 Å². The number of sulfonamides is 1. The lowest BCUT2D eigenvalue weighted by Crippen LogP contribution is -2.25. The van der Waals surface area contributed by atoms with Gasteiger partial charge < -0.3 is 10.5 Å². The lowest BCUT2D eigenvalue weighted by Gasteiger charge is -2.08. The highest BCUT2D eigenvalue weighted by atomic mass is 32.2. The molecule has 0 saturated carbocycles. The first-order chi connectivity index (χ1) is 14.9. The predicted octanol–water partition coefficient (Wildman–Crippen LogP) is 2.31. The second-order valence-corrected chi connectivity index (χ2v) is 8.84. The van der Waals surface area contributed by atoms with Gasteiger partial charge in [0.1, 0.15) is 29.0 Å². The Balaban J connectivity index is 1.42. The molecule has 2 heterocycles. The molecule has 0 radical (unpaired) electrons. The normalized spacial score (nSPS) is 12.9. The smallest absolute Gasteiger partial charge is 0.240 e. The van der Waals surface area contributed by atoms with E-state index in [1.807, 2.05) is 6.07 Å². The van der Waals surface area contributed by atoms with E-state index >= 15 is 0 Å². The van der Waals surface area contributed by atoms with Crippen molar-refractivity contribution in [1.82, 2.24) is 14.5 Å². The van der Waals surface area contributed by atoms with Crippen molar-refractivity contribution in [2.75, 3.05) is 18.9 Å². The maximum Gasteiger partial charge on any atom is 0.240 e. The van der Waals surface area contributed by atoms with Crippen LogP contribution in [0, 0.1) is 17.1 Å². The fraction of sp³-hybridized carbons (Fsp3) is 0.238. The molecule has 1 aliphatic heterocycles. The zero-order valence-electron chi connectivity index (χ0n) is 16.5. The molecule has 0 aliphatic carbocycles. The average Bonchev–Trinajstić information content (AvgIpc) is 3.35. The summed E-state index contributed by atoms with van der Waals surface area (Å²) in [5.41, 5.74) is 8.13. The molecule has 3 aromatic rings. The van der Waals surface area contributed by atoms with Crippen molar-refractivity contribution in [2.24, 2.45) is 0 Å². The summed E-state index contributed by atoms with van der Waals surface area (Å²) in [4.78, 5) is 0.194. The van der Waals surface area contributed by atoms with Gasteiger partial charge in [-0.1, -0.05) is 0 Å². The molecule has 4 rings (SSSR count). The third-order valence-electron chi connectivity index (χ3n) is 5.03. The van der Waals surface area contributed by atoms with Crippen molar-refractivity contribution in [3.63, 3.8) is 0 Å². The van der Waals surface area contributed by atoms with Crippen LogP contribution in [0.2, 0.25) is 0 Å². The van der Waals surface area contributed by atoms with Crippen LogP contribution in [-0.2, 0) is 22.9 Å². The molecule has 8 nitrogen and oxygen atoms in total. The van der Waals surface area contributed by atoms with Gasteiger partial charge in [-0.3, -0.25) is 0 Å². The van der Waals surface area contributed by atoms with Crippen LogP contribution >= 0.6 is 0 Å². The van der Waals surface area contributed by atoms with E-state index in [-0.39, 0.29) is 22.8 Å². The van der Waals surface area contributed by atoms with Gasteiger partial charge in [0.2, 0.25) is 10.0 Å². The molecule has 0 amide bonds. The SMILES string of the molecule is N#Cc1c(CCCNS(=O)(=O)c2ccc3c(c2)CCO3)nn(-c2ccc(F)cc2)c1N. The molecule has 31 heavy (non-hydrogen) atoms. The van der Waals surface area contributed by atoms with Crippen LogP contribution in [0.5, 0.6) is 5.75 Å². The Morgan fingerprint density at radius 1 is 1.26 bits per heavy atom. The summed E-state index contributed by atoms with van der Waals surface area (Å²) in [5.74, 6) is 0.487. The summed E-state index contributed by atoms with van der Waals surface area (Å²) in [6, 6.07) is 12.4. The van der Waals surface area contributed by atoms with E-state index in [0.717, 1.165) is 11.3 Å². The molecule has 160 valence electrons. The largest absolute Gasteiger partial charge is 0.493 e. The molecule has 0 atom stereocenters. The van der Waals surface area contributed by atoms with Crippen LogP contribution < -0.4 is 15.2 Å². The molecule has 0 saturated heterocycles. The molecule has 0 unspecified atom stereocenters. The number of nitrogens with two attached hydrogens (primary N) is 1. The maximum absolute atomic E-state index is 13.2. The highest BCUT2D eigenvalue weighted by Crippen LogP contribution is 2.27. The molecule has 2 aromatic carbocycles. The van der Waals surface area contributed by atoms with E-state index in [1.165, 1.54) is 35.0 Å². The third kappa shape index (κ3) is 4.23. The Kier molecular flexibility index (Phi) is 5.63. The molecule has 3 N–H and O–H groups in total. The number of nitrogen functional groups attached to an aromatic ring is 1. The Bertz CT molecular complexity index is 1260. The molecule has 0 bridgehead atoms. The maximum atomic E-state index is 13.2. The first-order valence-corrected chi connectivity index (χ1v) is 11.2.